The lowest BCUT2D eigenvalue weighted by molar-refractivity contribution is -0.238. The Bertz CT molecular complexity index is 584. The van der Waals surface area contributed by atoms with Crippen LogP contribution in [0.25, 0.3) is 0 Å². The zero-order chi connectivity index (χ0) is 16.3. The lowest BCUT2D eigenvalue weighted by atomic mass is 9.96. The summed E-state index contributed by atoms with van der Waals surface area (Å²) in [6.07, 6.45) is 0.388. The third-order valence-corrected chi connectivity index (χ3v) is 3.32. The van der Waals surface area contributed by atoms with Gasteiger partial charge < -0.3 is 14.2 Å². The molecule has 0 radical (unpaired) electrons. The Morgan fingerprint density at radius 1 is 1.18 bits per heavy atom. The number of hydrogen-bond donors (Lipinski definition) is 0. The molecule has 0 amide bonds. The Labute approximate surface area is 128 Å². The first-order valence-corrected chi connectivity index (χ1v) is 6.94. The maximum atomic E-state index is 12.2. The molecule has 0 aliphatic carbocycles. The molecule has 0 unspecified atom stereocenters. The van der Waals surface area contributed by atoms with Crippen molar-refractivity contribution in [2.45, 2.75) is 32.5 Å². The normalized spacial score (nSPS) is 17.6. The fourth-order valence-electron chi connectivity index (χ4n) is 2.29. The highest BCUT2D eigenvalue weighted by atomic mass is 16.7. The minimum Gasteiger partial charge on any atom is -0.496 e. The van der Waals surface area contributed by atoms with Crippen molar-refractivity contribution in [1.82, 2.24) is 0 Å². The maximum absolute atomic E-state index is 12.2. The van der Waals surface area contributed by atoms with E-state index in [9.17, 15) is 14.4 Å². The van der Waals surface area contributed by atoms with Crippen LogP contribution in [0.1, 0.15) is 25.8 Å². The summed E-state index contributed by atoms with van der Waals surface area (Å²) in [6.45, 7) is 2.89. The summed E-state index contributed by atoms with van der Waals surface area (Å²) in [7, 11) is 1.54. The van der Waals surface area contributed by atoms with Crippen LogP contribution in [0.2, 0.25) is 0 Å². The van der Waals surface area contributed by atoms with Crippen LogP contribution in [-0.4, -0.2) is 30.6 Å². The van der Waals surface area contributed by atoms with Gasteiger partial charge in [-0.1, -0.05) is 18.2 Å². The molecule has 1 heterocycles. The number of ether oxygens (including phenoxy) is 3. The fourth-order valence-corrected chi connectivity index (χ4v) is 2.29. The van der Waals surface area contributed by atoms with Crippen LogP contribution in [0.4, 0.5) is 0 Å². The molecular weight excluding hydrogens is 288 g/mol. The van der Waals surface area contributed by atoms with Crippen LogP contribution in [0.3, 0.4) is 0 Å². The molecule has 0 spiro atoms. The highest BCUT2D eigenvalue weighted by Gasteiger charge is 2.46. The number of hydrogen-bond acceptors (Lipinski definition) is 6. The number of aryl methyl sites for hydroxylation is 1. The van der Waals surface area contributed by atoms with Gasteiger partial charge in [0.05, 0.1) is 7.11 Å². The van der Waals surface area contributed by atoms with Crippen molar-refractivity contribution >= 4 is 17.7 Å². The van der Waals surface area contributed by atoms with E-state index in [1.807, 2.05) is 18.2 Å². The number of benzene rings is 1. The maximum Gasteiger partial charge on any atom is 0.331 e. The topological polar surface area (TPSA) is 78.9 Å². The van der Waals surface area contributed by atoms with Gasteiger partial charge in [-0.05, 0) is 18.1 Å². The van der Waals surface area contributed by atoms with Crippen molar-refractivity contribution in [3.05, 3.63) is 29.8 Å². The number of rotatable bonds is 5. The summed E-state index contributed by atoms with van der Waals surface area (Å²) >= 11 is 0. The van der Waals surface area contributed by atoms with Gasteiger partial charge in [0.2, 0.25) is 5.92 Å². The van der Waals surface area contributed by atoms with Gasteiger partial charge in [0.1, 0.15) is 5.75 Å². The molecule has 1 aliphatic rings. The van der Waals surface area contributed by atoms with Crippen LogP contribution >= 0.6 is 0 Å². The average molecular weight is 306 g/mol. The Balaban J connectivity index is 2.03. The Hall–Kier alpha value is -2.37. The Morgan fingerprint density at radius 2 is 1.77 bits per heavy atom. The predicted octanol–water partition coefficient (Wildman–Crippen LogP) is 1.65. The number of methoxy groups -OCH3 is 1. The standard InChI is InChI=1S/C16H18O6/c1-16(2)21-14(18)13(15(19)22-16)11(17)9-8-10-6-4-5-7-12(10)20-3/h4-7,13H,8-9H2,1-3H3. The van der Waals surface area contributed by atoms with Crippen molar-refractivity contribution < 1.29 is 28.6 Å². The molecular formula is C16H18O6. The molecule has 1 fully saturated rings. The summed E-state index contributed by atoms with van der Waals surface area (Å²) in [5.74, 6) is -4.39. The molecule has 118 valence electrons. The number of esters is 2. The molecule has 1 saturated heterocycles. The van der Waals surface area contributed by atoms with E-state index in [0.717, 1.165) is 5.56 Å². The monoisotopic (exact) mass is 306 g/mol. The minimum atomic E-state index is -1.50. The number of carbonyl (C=O) groups excluding carboxylic acids is 3. The summed E-state index contributed by atoms with van der Waals surface area (Å²) in [5.41, 5.74) is 0.830. The summed E-state index contributed by atoms with van der Waals surface area (Å²) in [5, 5.41) is 0. The summed E-state index contributed by atoms with van der Waals surface area (Å²) in [4.78, 5) is 35.8. The van der Waals surface area contributed by atoms with Crippen LogP contribution in [0, 0.1) is 5.92 Å². The van der Waals surface area contributed by atoms with Gasteiger partial charge in [-0.15, -0.1) is 0 Å². The number of carbonyl (C=O) groups is 3. The third-order valence-electron chi connectivity index (χ3n) is 3.32. The third kappa shape index (κ3) is 3.44. The van der Waals surface area contributed by atoms with Crippen molar-refractivity contribution in [2.24, 2.45) is 5.92 Å². The molecule has 6 nitrogen and oxygen atoms in total. The second-order valence-corrected chi connectivity index (χ2v) is 5.45. The molecule has 6 heteroatoms. The van der Waals surface area contributed by atoms with Crippen molar-refractivity contribution in [3.63, 3.8) is 0 Å². The molecule has 0 saturated carbocycles. The zero-order valence-corrected chi connectivity index (χ0v) is 12.8. The van der Waals surface area contributed by atoms with E-state index < -0.39 is 29.4 Å². The molecule has 1 aromatic carbocycles. The summed E-state index contributed by atoms with van der Waals surface area (Å²) in [6, 6.07) is 7.26. The lowest BCUT2D eigenvalue weighted by Crippen LogP contribution is -2.49. The van der Waals surface area contributed by atoms with Gasteiger partial charge in [-0.3, -0.25) is 14.4 Å². The first-order chi connectivity index (χ1) is 10.3. The highest BCUT2D eigenvalue weighted by molar-refractivity contribution is 6.15. The van der Waals surface area contributed by atoms with E-state index in [1.165, 1.54) is 13.8 Å². The summed E-state index contributed by atoms with van der Waals surface area (Å²) < 4.78 is 15.1. The quantitative estimate of drug-likeness (QED) is 0.608. The van der Waals surface area contributed by atoms with Crippen LogP contribution < -0.4 is 4.74 Å². The first-order valence-electron chi connectivity index (χ1n) is 6.94. The van der Waals surface area contributed by atoms with E-state index >= 15 is 0 Å². The Morgan fingerprint density at radius 3 is 2.36 bits per heavy atom. The van der Waals surface area contributed by atoms with Gasteiger partial charge in [-0.2, -0.15) is 0 Å². The first kappa shape index (κ1) is 16.0. The SMILES string of the molecule is COc1ccccc1CCC(=O)C1C(=O)OC(C)(C)OC1=O. The number of ketones is 1. The van der Waals surface area contributed by atoms with Gasteiger partial charge in [0, 0.05) is 20.3 Å². The molecule has 1 aliphatic heterocycles. The molecule has 1 aromatic rings. The van der Waals surface area contributed by atoms with Gasteiger partial charge in [-0.25, -0.2) is 0 Å². The van der Waals surface area contributed by atoms with E-state index in [4.69, 9.17) is 14.2 Å². The molecule has 0 N–H and O–H groups in total. The van der Waals surface area contributed by atoms with Crippen LogP contribution in [-0.2, 0) is 30.3 Å². The average Bonchev–Trinajstić information content (AvgIpc) is 2.43. The molecule has 0 aromatic heterocycles. The van der Waals surface area contributed by atoms with Crippen molar-refractivity contribution in [2.75, 3.05) is 7.11 Å². The van der Waals surface area contributed by atoms with Gasteiger partial charge in [0.25, 0.3) is 5.79 Å². The largest absolute Gasteiger partial charge is 0.496 e. The van der Waals surface area contributed by atoms with Crippen molar-refractivity contribution in [1.29, 1.82) is 0 Å². The number of cyclic esters (lactones) is 2. The smallest absolute Gasteiger partial charge is 0.331 e. The van der Waals surface area contributed by atoms with E-state index in [0.29, 0.717) is 12.2 Å². The van der Waals surface area contributed by atoms with E-state index in [1.54, 1.807) is 13.2 Å². The molecule has 22 heavy (non-hydrogen) atoms. The predicted molar refractivity (Wildman–Crippen MR) is 76.1 cm³/mol. The second-order valence-electron chi connectivity index (χ2n) is 5.45. The molecule has 0 bridgehead atoms. The Kier molecular flexibility index (Phi) is 4.49. The number of para-hydroxylation sites is 1. The fraction of sp³-hybridized carbons (Fsp3) is 0.438. The van der Waals surface area contributed by atoms with E-state index in [-0.39, 0.29) is 6.42 Å². The zero-order valence-electron chi connectivity index (χ0n) is 12.8. The van der Waals surface area contributed by atoms with Crippen LogP contribution in [0.5, 0.6) is 5.75 Å². The van der Waals surface area contributed by atoms with Crippen molar-refractivity contribution in [3.8, 4) is 5.75 Å². The van der Waals surface area contributed by atoms with Gasteiger partial charge >= 0.3 is 11.9 Å². The lowest BCUT2D eigenvalue weighted by Gasteiger charge is -2.32. The highest BCUT2D eigenvalue weighted by Crippen LogP contribution is 2.25. The van der Waals surface area contributed by atoms with Gasteiger partial charge in [0.15, 0.2) is 5.78 Å². The minimum absolute atomic E-state index is 0.0235. The van der Waals surface area contributed by atoms with Crippen LogP contribution in [0.15, 0.2) is 24.3 Å². The van der Waals surface area contributed by atoms with E-state index in [2.05, 4.69) is 0 Å². The second kappa shape index (κ2) is 6.17. The number of Topliss-reactive ketones (excluding diaryl/α,β-unsaturated/α-hetero) is 1. The molecule has 2 rings (SSSR count). The molecule has 0 atom stereocenters.